The predicted molar refractivity (Wildman–Crippen MR) is 81.6 cm³/mol. The third kappa shape index (κ3) is 3.52. The maximum Gasteiger partial charge on any atom is 0.243 e. The highest BCUT2D eigenvalue weighted by atomic mass is 32.2. The standard InChI is InChI=1S/C13H20N2O2S2/c1-9(2)10(3)15(4)19(16,17)12-7-5-6-11(8-12)13(14)18/h5-10H,1-4H3,(H2,14,18). The molecule has 0 amide bonds. The van der Waals surface area contributed by atoms with E-state index in [9.17, 15) is 8.42 Å². The molecule has 0 spiro atoms. The van der Waals surface area contributed by atoms with Crippen LogP contribution in [0.1, 0.15) is 26.3 Å². The molecule has 0 heterocycles. The molecule has 0 aliphatic rings. The maximum atomic E-state index is 12.5. The zero-order valence-electron chi connectivity index (χ0n) is 11.6. The average Bonchev–Trinajstić information content (AvgIpc) is 2.36. The van der Waals surface area contributed by atoms with E-state index >= 15 is 0 Å². The first-order valence-electron chi connectivity index (χ1n) is 6.05. The highest BCUT2D eigenvalue weighted by molar-refractivity contribution is 7.89. The number of hydrogen-bond acceptors (Lipinski definition) is 3. The molecule has 0 bridgehead atoms. The highest BCUT2D eigenvalue weighted by Crippen LogP contribution is 2.20. The largest absolute Gasteiger partial charge is 0.389 e. The Hall–Kier alpha value is -0.980. The van der Waals surface area contributed by atoms with Crippen molar-refractivity contribution in [2.45, 2.75) is 31.7 Å². The van der Waals surface area contributed by atoms with Gasteiger partial charge in [-0.05, 0) is 25.0 Å². The number of benzene rings is 1. The van der Waals surface area contributed by atoms with Gasteiger partial charge in [-0.1, -0.05) is 38.2 Å². The minimum absolute atomic E-state index is 0.0847. The third-order valence-electron chi connectivity index (χ3n) is 3.33. The molecule has 1 aromatic rings. The van der Waals surface area contributed by atoms with Crippen LogP contribution in [0, 0.1) is 5.92 Å². The fraction of sp³-hybridized carbons (Fsp3) is 0.462. The summed E-state index contributed by atoms with van der Waals surface area (Å²) in [5.74, 6) is 0.235. The molecule has 0 saturated heterocycles. The van der Waals surface area contributed by atoms with Gasteiger partial charge in [0.1, 0.15) is 4.99 Å². The summed E-state index contributed by atoms with van der Waals surface area (Å²) < 4.78 is 26.4. The van der Waals surface area contributed by atoms with E-state index < -0.39 is 10.0 Å². The number of rotatable bonds is 5. The van der Waals surface area contributed by atoms with Crippen molar-refractivity contribution in [3.05, 3.63) is 29.8 Å². The molecule has 106 valence electrons. The van der Waals surface area contributed by atoms with Crippen molar-refractivity contribution in [3.63, 3.8) is 0 Å². The van der Waals surface area contributed by atoms with Crippen LogP contribution < -0.4 is 5.73 Å². The average molecular weight is 300 g/mol. The first-order chi connectivity index (χ1) is 8.67. The van der Waals surface area contributed by atoms with Crippen LogP contribution in [0.2, 0.25) is 0 Å². The van der Waals surface area contributed by atoms with Crippen molar-refractivity contribution in [1.82, 2.24) is 4.31 Å². The lowest BCUT2D eigenvalue weighted by Gasteiger charge is -2.27. The van der Waals surface area contributed by atoms with Crippen LogP contribution in [0.3, 0.4) is 0 Å². The Morgan fingerprint density at radius 1 is 1.32 bits per heavy atom. The van der Waals surface area contributed by atoms with E-state index in [2.05, 4.69) is 0 Å². The lowest BCUT2D eigenvalue weighted by Crippen LogP contribution is -2.38. The molecule has 0 saturated carbocycles. The van der Waals surface area contributed by atoms with Crippen molar-refractivity contribution in [3.8, 4) is 0 Å². The summed E-state index contributed by atoms with van der Waals surface area (Å²) >= 11 is 4.87. The topological polar surface area (TPSA) is 63.4 Å². The molecule has 2 N–H and O–H groups in total. The maximum absolute atomic E-state index is 12.5. The molecule has 1 unspecified atom stereocenters. The fourth-order valence-electron chi connectivity index (χ4n) is 1.61. The number of hydrogen-bond donors (Lipinski definition) is 1. The van der Waals surface area contributed by atoms with Gasteiger partial charge < -0.3 is 5.73 Å². The second-order valence-electron chi connectivity index (χ2n) is 4.90. The van der Waals surface area contributed by atoms with E-state index in [-0.39, 0.29) is 21.8 Å². The molecule has 0 fully saturated rings. The third-order valence-corrected chi connectivity index (χ3v) is 5.51. The van der Waals surface area contributed by atoms with E-state index in [0.717, 1.165) is 0 Å². The zero-order chi connectivity index (χ0) is 14.8. The second-order valence-corrected chi connectivity index (χ2v) is 7.34. The van der Waals surface area contributed by atoms with Gasteiger partial charge in [-0.25, -0.2) is 8.42 Å². The SMILES string of the molecule is CC(C)C(C)N(C)S(=O)(=O)c1cccc(C(N)=S)c1. The highest BCUT2D eigenvalue weighted by Gasteiger charge is 2.27. The van der Waals surface area contributed by atoms with Crippen LogP contribution in [0.5, 0.6) is 0 Å². The summed E-state index contributed by atoms with van der Waals surface area (Å²) in [6.45, 7) is 5.86. The minimum Gasteiger partial charge on any atom is -0.389 e. The Bertz CT molecular complexity index is 568. The van der Waals surface area contributed by atoms with E-state index in [1.165, 1.54) is 10.4 Å². The Labute approximate surface area is 120 Å². The first kappa shape index (κ1) is 16.1. The molecule has 6 heteroatoms. The lowest BCUT2D eigenvalue weighted by molar-refractivity contribution is 0.316. The van der Waals surface area contributed by atoms with Gasteiger partial charge in [0.25, 0.3) is 0 Å². The summed E-state index contributed by atoms with van der Waals surface area (Å²) in [6.07, 6.45) is 0. The quantitative estimate of drug-likeness (QED) is 0.845. The molecule has 1 atom stereocenters. The summed E-state index contributed by atoms with van der Waals surface area (Å²) in [5.41, 5.74) is 6.09. The van der Waals surface area contributed by atoms with Crippen LogP contribution in [0.4, 0.5) is 0 Å². The minimum atomic E-state index is -3.52. The molecule has 0 radical (unpaired) electrons. The Kier molecular flexibility index (Phi) is 5.06. The number of nitrogens with two attached hydrogens (primary N) is 1. The van der Waals surface area contributed by atoms with Crippen molar-refractivity contribution in [2.75, 3.05) is 7.05 Å². The molecular weight excluding hydrogens is 280 g/mol. The summed E-state index contributed by atoms with van der Waals surface area (Å²) in [4.78, 5) is 0.407. The fourth-order valence-corrected chi connectivity index (χ4v) is 3.28. The van der Waals surface area contributed by atoms with Crippen molar-refractivity contribution in [2.24, 2.45) is 11.7 Å². The smallest absolute Gasteiger partial charge is 0.243 e. The van der Waals surface area contributed by atoms with Crippen LogP contribution in [-0.2, 0) is 10.0 Å². The molecule has 1 rings (SSSR count). The van der Waals surface area contributed by atoms with Gasteiger partial charge in [0.05, 0.1) is 4.90 Å². The predicted octanol–water partition coefficient (Wildman–Crippen LogP) is 1.99. The van der Waals surface area contributed by atoms with E-state index in [1.807, 2.05) is 20.8 Å². The first-order valence-corrected chi connectivity index (χ1v) is 7.90. The monoisotopic (exact) mass is 300 g/mol. The second kappa shape index (κ2) is 5.98. The van der Waals surface area contributed by atoms with Crippen molar-refractivity contribution in [1.29, 1.82) is 0 Å². The van der Waals surface area contributed by atoms with E-state index in [1.54, 1.807) is 25.2 Å². The van der Waals surface area contributed by atoms with Crippen molar-refractivity contribution >= 4 is 27.2 Å². The molecule has 0 aliphatic carbocycles. The summed E-state index contributed by atoms with van der Waals surface area (Å²) in [5, 5.41) is 0. The van der Waals surface area contributed by atoms with Gasteiger partial charge in [0, 0.05) is 18.7 Å². The van der Waals surface area contributed by atoms with Crippen LogP contribution in [0.25, 0.3) is 0 Å². The lowest BCUT2D eigenvalue weighted by atomic mass is 10.1. The van der Waals surface area contributed by atoms with Gasteiger partial charge in [-0.2, -0.15) is 4.31 Å². The van der Waals surface area contributed by atoms with Gasteiger partial charge in [0.2, 0.25) is 10.0 Å². The van der Waals surface area contributed by atoms with Crippen LogP contribution >= 0.6 is 12.2 Å². The van der Waals surface area contributed by atoms with E-state index in [0.29, 0.717) is 5.56 Å². The molecule has 19 heavy (non-hydrogen) atoms. The molecule has 0 aromatic heterocycles. The molecule has 0 aliphatic heterocycles. The number of sulfonamides is 1. The molecule has 4 nitrogen and oxygen atoms in total. The van der Waals surface area contributed by atoms with Gasteiger partial charge >= 0.3 is 0 Å². The van der Waals surface area contributed by atoms with Gasteiger partial charge in [-0.3, -0.25) is 0 Å². The molecule has 1 aromatic carbocycles. The summed E-state index contributed by atoms with van der Waals surface area (Å²) in [7, 11) is -1.93. The van der Waals surface area contributed by atoms with Crippen LogP contribution in [-0.4, -0.2) is 30.8 Å². The Morgan fingerprint density at radius 2 is 1.89 bits per heavy atom. The summed E-state index contributed by atoms with van der Waals surface area (Å²) in [6, 6.07) is 6.34. The van der Waals surface area contributed by atoms with Gasteiger partial charge in [0.15, 0.2) is 0 Å². The Morgan fingerprint density at radius 3 is 2.37 bits per heavy atom. The van der Waals surface area contributed by atoms with E-state index in [4.69, 9.17) is 18.0 Å². The number of nitrogens with zero attached hydrogens (tertiary/aromatic N) is 1. The normalized spacial score (nSPS) is 13.8. The van der Waals surface area contributed by atoms with Crippen molar-refractivity contribution < 1.29 is 8.42 Å². The Balaban J connectivity index is 3.20. The number of thiocarbonyl (C=S) groups is 1. The van der Waals surface area contributed by atoms with Crippen LogP contribution in [0.15, 0.2) is 29.2 Å². The van der Waals surface area contributed by atoms with Gasteiger partial charge in [-0.15, -0.1) is 0 Å². The zero-order valence-corrected chi connectivity index (χ0v) is 13.3. The molecular formula is C13H20N2O2S2.